The van der Waals surface area contributed by atoms with Crippen molar-refractivity contribution in [3.05, 3.63) is 35.6 Å². The number of rotatable bonds is 3. The van der Waals surface area contributed by atoms with Crippen molar-refractivity contribution in [1.29, 1.82) is 0 Å². The van der Waals surface area contributed by atoms with E-state index in [2.05, 4.69) is 12.2 Å². The van der Waals surface area contributed by atoms with Gasteiger partial charge in [0.25, 0.3) is 0 Å². The summed E-state index contributed by atoms with van der Waals surface area (Å²) in [6.07, 6.45) is 4.07. The Labute approximate surface area is 125 Å². The van der Waals surface area contributed by atoms with E-state index in [0.29, 0.717) is 6.04 Å². The first-order valence-corrected chi connectivity index (χ1v) is 7.90. The molecule has 0 aromatic heterocycles. The van der Waals surface area contributed by atoms with E-state index in [1.807, 2.05) is 12.1 Å². The molecule has 3 rings (SSSR count). The summed E-state index contributed by atoms with van der Waals surface area (Å²) in [5, 5.41) is 3.68. The predicted octanol–water partition coefficient (Wildman–Crippen LogP) is 3.20. The molecule has 1 aromatic carbocycles. The van der Waals surface area contributed by atoms with Crippen molar-refractivity contribution in [2.24, 2.45) is 0 Å². The maximum Gasteiger partial charge on any atom is 0.123 e. The monoisotopic (exact) mass is 293 g/mol. The molecule has 116 valence electrons. The molecule has 2 heterocycles. The summed E-state index contributed by atoms with van der Waals surface area (Å²) in [5.74, 6) is -0.182. The number of hydrogen-bond acceptors (Lipinski definition) is 3. The summed E-state index contributed by atoms with van der Waals surface area (Å²) in [4.78, 5) is 0. The topological polar surface area (TPSA) is 30.5 Å². The van der Waals surface area contributed by atoms with Crippen molar-refractivity contribution in [2.75, 3.05) is 19.8 Å². The number of halogens is 1. The Bertz CT molecular complexity index is 451. The lowest BCUT2D eigenvalue weighted by atomic mass is 9.83. The highest BCUT2D eigenvalue weighted by atomic mass is 19.1. The summed E-state index contributed by atoms with van der Waals surface area (Å²) in [5.41, 5.74) is 1.14. The van der Waals surface area contributed by atoms with Crippen LogP contribution in [0.1, 0.15) is 44.2 Å². The van der Waals surface area contributed by atoms with Gasteiger partial charge >= 0.3 is 0 Å². The van der Waals surface area contributed by atoms with Crippen LogP contribution in [0.2, 0.25) is 0 Å². The Morgan fingerprint density at radius 1 is 1.19 bits per heavy atom. The van der Waals surface area contributed by atoms with Gasteiger partial charge in [-0.2, -0.15) is 0 Å². The van der Waals surface area contributed by atoms with E-state index in [0.717, 1.165) is 51.1 Å². The Balaban J connectivity index is 1.60. The maximum atomic E-state index is 13.0. The van der Waals surface area contributed by atoms with Crippen molar-refractivity contribution in [1.82, 2.24) is 5.32 Å². The zero-order valence-corrected chi connectivity index (χ0v) is 12.6. The van der Waals surface area contributed by atoms with Gasteiger partial charge in [0.1, 0.15) is 5.82 Å². The number of ether oxygens (including phenoxy) is 2. The third-order valence-corrected chi connectivity index (χ3v) is 4.75. The van der Waals surface area contributed by atoms with Crippen LogP contribution in [0.4, 0.5) is 4.39 Å². The number of nitrogens with one attached hydrogen (secondary N) is 1. The second-order valence-electron chi connectivity index (χ2n) is 6.27. The molecule has 0 saturated carbocycles. The summed E-state index contributed by atoms with van der Waals surface area (Å²) < 4.78 is 24.5. The predicted molar refractivity (Wildman–Crippen MR) is 79.7 cm³/mol. The molecule has 2 saturated heterocycles. The number of hydrogen-bond donors (Lipinski definition) is 1. The first kappa shape index (κ1) is 14.9. The van der Waals surface area contributed by atoms with Crippen molar-refractivity contribution in [3.63, 3.8) is 0 Å². The molecule has 2 atom stereocenters. The average molecular weight is 293 g/mol. The smallest absolute Gasteiger partial charge is 0.123 e. The zero-order chi connectivity index (χ0) is 14.7. The Kier molecular flexibility index (Phi) is 4.57. The molecule has 21 heavy (non-hydrogen) atoms. The Hall–Kier alpha value is -0.970. The van der Waals surface area contributed by atoms with Gasteiger partial charge in [0.05, 0.1) is 5.60 Å². The van der Waals surface area contributed by atoms with Gasteiger partial charge in [-0.15, -0.1) is 0 Å². The van der Waals surface area contributed by atoms with Gasteiger partial charge in [-0.25, -0.2) is 4.39 Å². The summed E-state index contributed by atoms with van der Waals surface area (Å²) in [6.45, 7) is 4.56. The SMILES string of the molecule is C[C@@H](NC1CCOC2(CCOCC2)C1)c1ccc(F)cc1. The molecule has 1 spiro atoms. The fourth-order valence-corrected chi connectivity index (χ4v) is 3.46. The lowest BCUT2D eigenvalue weighted by Gasteiger charge is -2.44. The van der Waals surface area contributed by atoms with Crippen molar-refractivity contribution < 1.29 is 13.9 Å². The van der Waals surface area contributed by atoms with Crippen molar-refractivity contribution in [2.45, 2.75) is 50.3 Å². The molecule has 0 amide bonds. The highest BCUT2D eigenvalue weighted by Crippen LogP contribution is 2.35. The highest BCUT2D eigenvalue weighted by molar-refractivity contribution is 5.19. The fraction of sp³-hybridized carbons (Fsp3) is 0.647. The van der Waals surface area contributed by atoms with E-state index in [4.69, 9.17) is 9.47 Å². The van der Waals surface area contributed by atoms with Crippen molar-refractivity contribution in [3.8, 4) is 0 Å². The molecule has 4 heteroatoms. The minimum atomic E-state index is -0.182. The lowest BCUT2D eigenvalue weighted by Crippen LogP contribution is -2.50. The molecule has 3 nitrogen and oxygen atoms in total. The van der Waals surface area contributed by atoms with Gasteiger partial charge in [0.2, 0.25) is 0 Å². The Morgan fingerprint density at radius 3 is 2.62 bits per heavy atom. The molecule has 2 aliphatic rings. The van der Waals surface area contributed by atoms with Crippen LogP contribution in [0, 0.1) is 5.82 Å². The molecular formula is C17H24FNO2. The third-order valence-electron chi connectivity index (χ3n) is 4.75. The molecule has 2 aliphatic heterocycles. The maximum absolute atomic E-state index is 13.0. The third kappa shape index (κ3) is 3.62. The average Bonchev–Trinajstić information content (AvgIpc) is 2.49. The van der Waals surface area contributed by atoms with Gasteiger partial charge < -0.3 is 14.8 Å². The van der Waals surface area contributed by atoms with Gasteiger partial charge in [-0.05, 0) is 50.3 Å². The normalized spacial score (nSPS) is 26.7. The molecule has 1 unspecified atom stereocenters. The second-order valence-corrected chi connectivity index (χ2v) is 6.27. The van der Waals surface area contributed by atoms with Gasteiger partial charge in [0.15, 0.2) is 0 Å². The van der Waals surface area contributed by atoms with Crippen LogP contribution in [0.15, 0.2) is 24.3 Å². The first-order chi connectivity index (χ1) is 10.2. The molecule has 0 aliphatic carbocycles. The Morgan fingerprint density at radius 2 is 1.90 bits per heavy atom. The van der Waals surface area contributed by atoms with E-state index in [1.54, 1.807) is 0 Å². The number of benzene rings is 1. The second kappa shape index (κ2) is 6.42. The van der Waals surface area contributed by atoms with Crippen molar-refractivity contribution >= 4 is 0 Å². The van der Waals surface area contributed by atoms with E-state index >= 15 is 0 Å². The molecule has 0 radical (unpaired) electrons. The summed E-state index contributed by atoms with van der Waals surface area (Å²) >= 11 is 0. The van der Waals surface area contributed by atoms with Crippen LogP contribution < -0.4 is 5.32 Å². The summed E-state index contributed by atoms with van der Waals surface area (Å²) in [7, 11) is 0. The standard InChI is InChI=1S/C17H24FNO2/c1-13(14-2-4-15(18)5-3-14)19-16-6-9-21-17(12-16)7-10-20-11-8-17/h2-5,13,16,19H,6-12H2,1H3/t13-,16?/m1/s1. The zero-order valence-electron chi connectivity index (χ0n) is 12.6. The largest absolute Gasteiger partial charge is 0.381 e. The van der Waals surface area contributed by atoms with Crippen LogP contribution in [0.5, 0.6) is 0 Å². The molecule has 0 bridgehead atoms. The van der Waals surface area contributed by atoms with E-state index in [-0.39, 0.29) is 17.5 Å². The van der Waals surface area contributed by atoms with Gasteiger partial charge in [-0.3, -0.25) is 0 Å². The quantitative estimate of drug-likeness (QED) is 0.928. The lowest BCUT2D eigenvalue weighted by molar-refractivity contribution is -0.140. The minimum Gasteiger partial charge on any atom is -0.381 e. The van der Waals surface area contributed by atoms with Gasteiger partial charge in [-0.1, -0.05) is 12.1 Å². The van der Waals surface area contributed by atoms with Crippen LogP contribution in [-0.4, -0.2) is 31.5 Å². The molecule has 2 fully saturated rings. The van der Waals surface area contributed by atoms with E-state index in [9.17, 15) is 4.39 Å². The van der Waals surface area contributed by atoms with Crippen LogP contribution >= 0.6 is 0 Å². The van der Waals surface area contributed by atoms with Gasteiger partial charge in [0, 0.05) is 31.9 Å². The first-order valence-electron chi connectivity index (χ1n) is 7.90. The van der Waals surface area contributed by atoms with Crippen LogP contribution in [0.25, 0.3) is 0 Å². The minimum absolute atomic E-state index is 0.0106. The molecular weight excluding hydrogens is 269 g/mol. The van der Waals surface area contributed by atoms with E-state index < -0.39 is 0 Å². The molecule has 1 aromatic rings. The summed E-state index contributed by atoms with van der Waals surface area (Å²) in [6, 6.07) is 7.45. The van der Waals surface area contributed by atoms with Crippen LogP contribution in [-0.2, 0) is 9.47 Å². The molecule has 1 N–H and O–H groups in total. The fourth-order valence-electron chi connectivity index (χ4n) is 3.46. The van der Waals surface area contributed by atoms with Crippen LogP contribution in [0.3, 0.4) is 0 Å². The van der Waals surface area contributed by atoms with E-state index in [1.165, 1.54) is 12.1 Å². The highest BCUT2D eigenvalue weighted by Gasteiger charge is 2.39.